The minimum Gasteiger partial charge on any atom is -0.466 e. The quantitative estimate of drug-likeness (QED) is 0.743. The number of hydrogen-bond donors (Lipinski definition) is 0. The highest BCUT2D eigenvalue weighted by Gasteiger charge is 2.14. The van der Waals surface area contributed by atoms with Gasteiger partial charge in [0.1, 0.15) is 0 Å². The molecule has 0 amide bonds. The van der Waals surface area contributed by atoms with Crippen molar-refractivity contribution in [1.29, 1.82) is 0 Å². The van der Waals surface area contributed by atoms with Gasteiger partial charge >= 0.3 is 5.97 Å². The SMILES string of the molecule is CCOC(=O)CC(C)N(C)Cc1cccc(Cl)c1. The van der Waals surface area contributed by atoms with Crippen molar-refractivity contribution in [3.8, 4) is 0 Å². The maximum absolute atomic E-state index is 11.4. The number of carbonyl (C=O) groups is 1. The van der Waals surface area contributed by atoms with Gasteiger partial charge in [0.25, 0.3) is 0 Å². The van der Waals surface area contributed by atoms with Gasteiger partial charge in [-0.2, -0.15) is 0 Å². The number of esters is 1. The molecule has 0 aromatic heterocycles. The molecule has 1 aromatic rings. The molecule has 100 valence electrons. The normalized spacial score (nSPS) is 12.5. The summed E-state index contributed by atoms with van der Waals surface area (Å²) in [4.78, 5) is 13.5. The predicted octanol–water partition coefficient (Wildman–Crippen LogP) is 3.11. The van der Waals surface area contributed by atoms with E-state index in [-0.39, 0.29) is 12.0 Å². The van der Waals surface area contributed by atoms with Crippen LogP contribution in [0.3, 0.4) is 0 Å². The second kappa shape index (κ2) is 7.39. The zero-order valence-electron chi connectivity index (χ0n) is 11.1. The van der Waals surface area contributed by atoms with E-state index in [0.29, 0.717) is 13.0 Å². The number of carbonyl (C=O) groups excluding carboxylic acids is 1. The van der Waals surface area contributed by atoms with E-state index < -0.39 is 0 Å². The molecule has 0 bridgehead atoms. The van der Waals surface area contributed by atoms with Gasteiger partial charge in [-0.15, -0.1) is 0 Å². The molecule has 1 unspecified atom stereocenters. The minimum absolute atomic E-state index is 0.142. The molecule has 0 saturated heterocycles. The van der Waals surface area contributed by atoms with Gasteiger partial charge in [0, 0.05) is 17.6 Å². The molecule has 0 aliphatic heterocycles. The highest BCUT2D eigenvalue weighted by Crippen LogP contribution is 2.14. The first-order valence-electron chi connectivity index (χ1n) is 6.13. The molecule has 1 rings (SSSR count). The molecule has 0 saturated carbocycles. The van der Waals surface area contributed by atoms with E-state index in [1.807, 2.05) is 45.2 Å². The van der Waals surface area contributed by atoms with Crippen LogP contribution in [0.25, 0.3) is 0 Å². The zero-order valence-corrected chi connectivity index (χ0v) is 11.9. The molecule has 0 aliphatic rings. The third-order valence-corrected chi connectivity index (χ3v) is 3.08. The average molecular weight is 270 g/mol. The van der Waals surface area contributed by atoms with Crippen molar-refractivity contribution < 1.29 is 9.53 Å². The number of benzene rings is 1. The molecule has 0 N–H and O–H groups in total. The second-order valence-corrected chi connectivity index (χ2v) is 4.84. The highest BCUT2D eigenvalue weighted by molar-refractivity contribution is 6.30. The number of rotatable bonds is 6. The number of halogens is 1. The Morgan fingerprint density at radius 2 is 2.22 bits per heavy atom. The predicted molar refractivity (Wildman–Crippen MR) is 73.6 cm³/mol. The summed E-state index contributed by atoms with van der Waals surface area (Å²) in [6.07, 6.45) is 0.408. The molecule has 1 atom stereocenters. The van der Waals surface area contributed by atoms with E-state index in [1.165, 1.54) is 0 Å². The second-order valence-electron chi connectivity index (χ2n) is 4.40. The molecule has 0 fully saturated rings. The van der Waals surface area contributed by atoms with E-state index in [1.54, 1.807) is 0 Å². The summed E-state index contributed by atoms with van der Waals surface area (Å²) in [6, 6.07) is 7.89. The van der Waals surface area contributed by atoms with Crippen LogP contribution in [0.5, 0.6) is 0 Å². The maximum Gasteiger partial charge on any atom is 0.307 e. The molecule has 0 heterocycles. The summed E-state index contributed by atoms with van der Waals surface area (Å²) in [5.74, 6) is -0.150. The summed E-state index contributed by atoms with van der Waals surface area (Å²) in [5.41, 5.74) is 1.14. The van der Waals surface area contributed by atoms with Gasteiger partial charge in [-0.1, -0.05) is 23.7 Å². The van der Waals surface area contributed by atoms with Gasteiger partial charge in [-0.3, -0.25) is 9.69 Å². The molecular formula is C14H20ClNO2. The van der Waals surface area contributed by atoms with E-state index >= 15 is 0 Å². The first kappa shape index (κ1) is 15.0. The van der Waals surface area contributed by atoms with Crippen molar-refractivity contribution in [3.05, 3.63) is 34.9 Å². The molecular weight excluding hydrogens is 250 g/mol. The fourth-order valence-corrected chi connectivity index (χ4v) is 1.91. The van der Waals surface area contributed by atoms with E-state index in [4.69, 9.17) is 16.3 Å². The monoisotopic (exact) mass is 269 g/mol. The first-order valence-corrected chi connectivity index (χ1v) is 6.51. The third-order valence-electron chi connectivity index (χ3n) is 2.84. The number of hydrogen-bond acceptors (Lipinski definition) is 3. The standard InChI is InChI=1S/C14H20ClNO2/c1-4-18-14(17)8-11(2)16(3)10-12-6-5-7-13(15)9-12/h5-7,9,11H,4,8,10H2,1-3H3. The lowest BCUT2D eigenvalue weighted by atomic mass is 10.1. The van der Waals surface area contributed by atoms with Crippen molar-refractivity contribution in [2.45, 2.75) is 32.9 Å². The van der Waals surface area contributed by atoms with Crippen LogP contribution < -0.4 is 0 Å². The Morgan fingerprint density at radius 1 is 1.50 bits per heavy atom. The summed E-state index contributed by atoms with van der Waals surface area (Å²) >= 11 is 5.94. The Morgan fingerprint density at radius 3 is 2.83 bits per heavy atom. The van der Waals surface area contributed by atoms with E-state index in [9.17, 15) is 4.79 Å². The Hall–Kier alpha value is -1.06. The Labute approximate surface area is 114 Å². The Balaban J connectivity index is 2.49. The largest absolute Gasteiger partial charge is 0.466 e. The van der Waals surface area contributed by atoms with Gasteiger partial charge in [-0.05, 0) is 38.6 Å². The Bertz CT molecular complexity index is 395. The lowest BCUT2D eigenvalue weighted by molar-refractivity contribution is -0.144. The average Bonchev–Trinajstić information content (AvgIpc) is 2.29. The van der Waals surface area contributed by atoms with E-state index in [2.05, 4.69) is 4.90 Å². The smallest absolute Gasteiger partial charge is 0.307 e. The molecule has 1 aromatic carbocycles. The lowest BCUT2D eigenvalue weighted by Crippen LogP contribution is -2.31. The van der Waals surface area contributed by atoms with E-state index in [0.717, 1.165) is 17.1 Å². The van der Waals surface area contributed by atoms with Crippen LogP contribution in [0.4, 0.5) is 0 Å². The summed E-state index contributed by atoms with van der Waals surface area (Å²) in [7, 11) is 1.99. The van der Waals surface area contributed by atoms with Crippen molar-refractivity contribution in [1.82, 2.24) is 4.90 Å². The first-order chi connectivity index (χ1) is 8.52. The summed E-state index contributed by atoms with van der Waals surface area (Å²) in [6.45, 7) is 5.03. The fraction of sp³-hybridized carbons (Fsp3) is 0.500. The van der Waals surface area contributed by atoms with Crippen LogP contribution in [0, 0.1) is 0 Å². The molecule has 4 heteroatoms. The van der Waals surface area contributed by atoms with Crippen LogP contribution in [0.2, 0.25) is 5.02 Å². The fourth-order valence-electron chi connectivity index (χ4n) is 1.70. The van der Waals surface area contributed by atoms with Crippen LogP contribution in [0.1, 0.15) is 25.8 Å². The van der Waals surface area contributed by atoms with Crippen LogP contribution in [-0.2, 0) is 16.1 Å². The summed E-state index contributed by atoms with van der Waals surface area (Å²) in [5, 5.41) is 0.735. The van der Waals surface area contributed by atoms with Crippen molar-refractivity contribution in [2.75, 3.05) is 13.7 Å². The Kier molecular flexibility index (Phi) is 6.16. The summed E-state index contributed by atoms with van der Waals surface area (Å²) < 4.78 is 4.95. The zero-order chi connectivity index (χ0) is 13.5. The minimum atomic E-state index is -0.150. The molecule has 0 spiro atoms. The lowest BCUT2D eigenvalue weighted by Gasteiger charge is -2.24. The molecule has 3 nitrogen and oxygen atoms in total. The maximum atomic E-state index is 11.4. The topological polar surface area (TPSA) is 29.5 Å². The highest BCUT2D eigenvalue weighted by atomic mass is 35.5. The third kappa shape index (κ3) is 5.07. The van der Waals surface area contributed by atoms with Gasteiger partial charge in [-0.25, -0.2) is 0 Å². The van der Waals surface area contributed by atoms with Crippen LogP contribution >= 0.6 is 11.6 Å². The number of nitrogens with zero attached hydrogens (tertiary/aromatic N) is 1. The van der Waals surface area contributed by atoms with Crippen molar-refractivity contribution >= 4 is 17.6 Å². The van der Waals surface area contributed by atoms with Gasteiger partial charge in [0.2, 0.25) is 0 Å². The van der Waals surface area contributed by atoms with Crippen molar-refractivity contribution in [3.63, 3.8) is 0 Å². The molecule has 0 radical (unpaired) electrons. The van der Waals surface area contributed by atoms with Gasteiger partial charge in [0.05, 0.1) is 13.0 Å². The van der Waals surface area contributed by atoms with Gasteiger partial charge in [0.15, 0.2) is 0 Å². The molecule has 0 aliphatic carbocycles. The van der Waals surface area contributed by atoms with Crippen molar-refractivity contribution in [2.24, 2.45) is 0 Å². The molecule has 18 heavy (non-hydrogen) atoms. The van der Waals surface area contributed by atoms with Crippen LogP contribution in [0.15, 0.2) is 24.3 Å². The van der Waals surface area contributed by atoms with Crippen LogP contribution in [-0.4, -0.2) is 30.6 Å². The van der Waals surface area contributed by atoms with Gasteiger partial charge < -0.3 is 4.74 Å². The number of ether oxygens (including phenoxy) is 1.